The quantitative estimate of drug-likeness (QED) is 0.898. The number of amides is 2. The molecule has 0 spiro atoms. The summed E-state index contributed by atoms with van der Waals surface area (Å²) in [6.07, 6.45) is 2.45. The lowest BCUT2D eigenvalue weighted by molar-refractivity contribution is 0.194. The van der Waals surface area contributed by atoms with E-state index in [1.165, 1.54) is 11.3 Å². The lowest BCUT2D eigenvalue weighted by atomic mass is 10.2. The number of hydrogen-bond donors (Lipinski definition) is 1. The van der Waals surface area contributed by atoms with Gasteiger partial charge in [-0.25, -0.2) is 9.78 Å². The van der Waals surface area contributed by atoms with Crippen LogP contribution < -0.4 is 19.5 Å². The first kappa shape index (κ1) is 16.4. The molecule has 3 rings (SSSR count). The van der Waals surface area contributed by atoms with E-state index in [0.717, 1.165) is 6.42 Å². The lowest BCUT2D eigenvalue weighted by Crippen LogP contribution is -2.34. The van der Waals surface area contributed by atoms with Gasteiger partial charge in [-0.3, -0.25) is 0 Å². The number of carbonyl (C=O) groups is 1. The van der Waals surface area contributed by atoms with Crippen molar-refractivity contribution in [2.75, 3.05) is 32.6 Å². The van der Waals surface area contributed by atoms with Gasteiger partial charge >= 0.3 is 6.03 Å². The van der Waals surface area contributed by atoms with Crippen molar-refractivity contribution >= 4 is 23.1 Å². The fourth-order valence-electron chi connectivity index (χ4n) is 2.60. The third kappa shape index (κ3) is 3.53. The average molecular weight is 349 g/mol. The van der Waals surface area contributed by atoms with Gasteiger partial charge in [0.15, 0.2) is 11.5 Å². The maximum absolute atomic E-state index is 12.5. The Morgan fingerprint density at radius 1 is 1.38 bits per heavy atom. The first-order valence-electron chi connectivity index (χ1n) is 7.54. The standard InChI is InChI=1S/C16H19N3O4S/c1-21-13-5-3-4-12(14(13)22-2)18-15(20)19-8-6-11(10-19)23-16-17-7-9-24-16/h3-5,7,9,11H,6,8,10H2,1-2H3,(H,18,20). The molecule has 1 aliphatic heterocycles. The largest absolute Gasteiger partial charge is 0.493 e. The zero-order valence-corrected chi connectivity index (χ0v) is 14.3. The highest BCUT2D eigenvalue weighted by atomic mass is 32.1. The molecule has 1 N–H and O–H groups in total. The van der Waals surface area contributed by atoms with E-state index >= 15 is 0 Å². The number of aromatic nitrogens is 1. The number of nitrogens with zero attached hydrogens (tertiary/aromatic N) is 2. The minimum Gasteiger partial charge on any atom is -0.493 e. The molecule has 2 heterocycles. The number of rotatable bonds is 5. The first-order valence-corrected chi connectivity index (χ1v) is 8.42. The predicted molar refractivity (Wildman–Crippen MR) is 91.3 cm³/mol. The van der Waals surface area contributed by atoms with E-state index in [4.69, 9.17) is 14.2 Å². The number of ether oxygens (including phenoxy) is 3. The van der Waals surface area contributed by atoms with Crippen LogP contribution in [-0.4, -0.2) is 49.3 Å². The van der Waals surface area contributed by atoms with E-state index in [-0.39, 0.29) is 12.1 Å². The molecule has 1 atom stereocenters. The van der Waals surface area contributed by atoms with E-state index in [1.807, 2.05) is 5.38 Å². The van der Waals surface area contributed by atoms with Gasteiger partial charge in [-0.2, -0.15) is 0 Å². The minimum absolute atomic E-state index is 0.0332. The highest BCUT2D eigenvalue weighted by Crippen LogP contribution is 2.35. The molecule has 1 fully saturated rings. The molecule has 7 nitrogen and oxygen atoms in total. The van der Waals surface area contributed by atoms with Crippen molar-refractivity contribution in [3.05, 3.63) is 29.8 Å². The number of nitrogens with one attached hydrogen (secondary N) is 1. The van der Waals surface area contributed by atoms with Crippen molar-refractivity contribution in [1.82, 2.24) is 9.88 Å². The fourth-order valence-corrected chi connectivity index (χ4v) is 3.15. The first-order chi connectivity index (χ1) is 11.7. The Labute approximate surface area is 144 Å². The fraction of sp³-hybridized carbons (Fsp3) is 0.375. The van der Waals surface area contributed by atoms with Gasteiger partial charge in [-0.15, -0.1) is 0 Å². The van der Waals surface area contributed by atoms with Crippen LogP contribution in [0.15, 0.2) is 29.8 Å². The molecule has 1 unspecified atom stereocenters. The second kappa shape index (κ2) is 7.39. The van der Waals surface area contributed by atoms with Crippen molar-refractivity contribution in [1.29, 1.82) is 0 Å². The van der Waals surface area contributed by atoms with E-state index in [0.29, 0.717) is 35.5 Å². The molecule has 24 heavy (non-hydrogen) atoms. The molecule has 0 aliphatic carbocycles. The van der Waals surface area contributed by atoms with Crippen molar-refractivity contribution in [2.24, 2.45) is 0 Å². The van der Waals surface area contributed by atoms with Gasteiger partial charge in [0, 0.05) is 24.5 Å². The average Bonchev–Trinajstić information content (AvgIpc) is 3.27. The van der Waals surface area contributed by atoms with Crippen LogP contribution in [0.3, 0.4) is 0 Å². The van der Waals surface area contributed by atoms with Crippen LogP contribution in [0.2, 0.25) is 0 Å². The lowest BCUT2D eigenvalue weighted by Gasteiger charge is -2.19. The second-order valence-electron chi connectivity index (χ2n) is 5.24. The van der Waals surface area contributed by atoms with Gasteiger partial charge < -0.3 is 24.4 Å². The summed E-state index contributed by atoms with van der Waals surface area (Å²) in [6, 6.07) is 5.17. The Kier molecular flexibility index (Phi) is 5.05. The second-order valence-corrected chi connectivity index (χ2v) is 6.10. The Balaban J connectivity index is 1.62. The topological polar surface area (TPSA) is 72.9 Å². The smallest absolute Gasteiger partial charge is 0.322 e. The van der Waals surface area contributed by atoms with Crippen LogP contribution in [-0.2, 0) is 0 Å². The number of para-hydroxylation sites is 1. The Hall–Kier alpha value is -2.48. The van der Waals surface area contributed by atoms with Crippen LogP contribution in [0.4, 0.5) is 10.5 Å². The molecule has 1 aromatic heterocycles. The maximum atomic E-state index is 12.5. The minimum atomic E-state index is -0.188. The van der Waals surface area contributed by atoms with Crippen molar-refractivity contribution in [3.8, 4) is 16.7 Å². The Morgan fingerprint density at radius 2 is 2.25 bits per heavy atom. The number of thiazole rings is 1. The van der Waals surface area contributed by atoms with Gasteiger partial charge in [-0.1, -0.05) is 17.4 Å². The summed E-state index contributed by atoms with van der Waals surface area (Å²) in [6.45, 7) is 1.16. The summed E-state index contributed by atoms with van der Waals surface area (Å²) < 4.78 is 16.3. The number of benzene rings is 1. The van der Waals surface area contributed by atoms with Crippen molar-refractivity contribution in [3.63, 3.8) is 0 Å². The molecule has 128 valence electrons. The molecule has 2 aromatic rings. The van der Waals surface area contributed by atoms with Crippen molar-refractivity contribution < 1.29 is 19.0 Å². The van der Waals surface area contributed by atoms with Crippen LogP contribution in [0.1, 0.15) is 6.42 Å². The maximum Gasteiger partial charge on any atom is 0.322 e. The third-order valence-corrected chi connectivity index (χ3v) is 4.41. The zero-order valence-electron chi connectivity index (χ0n) is 13.5. The molecular formula is C16H19N3O4S. The summed E-state index contributed by atoms with van der Waals surface area (Å²) in [5.74, 6) is 1.07. The number of anilines is 1. The van der Waals surface area contributed by atoms with Crippen LogP contribution >= 0.6 is 11.3 Å². The summed E-state index contributed by atoms with van der Waals surface area (Å²) in [5, 5.41) is 5.37. The van der Waals surface area contributed by atoms with E-state index in [9.17, 15) is 4.79 Å². The van der Waals surface area contributed by atoms with Gasteiger partial charge in [-0.05, 0) is 12.1 Å². The Morgan fingerprint density at radius 3 is 2.96 bits per heavy atom. The molecule has 1 aliphatic rings. The molecule has 1 aromatic carbocycles. The van der Waals surface area contributed by atoms with Gasteiger partial charge in [0.05, 0.1) is 26.5 Å². The van der Waals surface area contributed by atoms with E-state index in [1.54, 1.807) is 43.5 Å². The zero-order chi connectivity index (χ0) is 16.9. The number of methoxy groups -OCH3 is 2. The van der Waals surface area contributed by atoms with Gasteiger partial charge in [0.25, 0.3) is 5.19 Å². The predicted octanol–water partition coefficient (Wildman–Crippen LogP) is 2.85. The number of urea groups is 1. The molecule has 1 saturated heterocycles. The summed E-state index contributed by atoms with van der Waals surface area (Å²) in [5.41, 5.74) is 0.575. The Bertz CT molecular complexity index is 693. The number of likely N-dealkylation sites (tertiary alicyclic amines) is 1. The number of carbonyl (C=O) groups excluding carboxylic acids is 1. The highest BCUT2D eigenvalue weighted by molar-refractivity contribution is 7.11. The highest BCUT2D eigenvalue weighted by Gasteiger charge is 2.28. The molecular weight excluding hydrogens is 330 g/mol. The summed E-state index contributed by atoms with van der Waals surface area (Å²) in [7, 11) is 3.10. The molecule has 0 saturated carbocycles. The molecule has 0 radical (unpaired) electrons. The van der Waals surface area contributed by atoms with E-state index in [2.05, 4.69) is 10.3 Å². The van der Waals surface area contributed by atoms with Gasteiger partial charge in [0.1, 0.15) is 6.10 Å². The molecule has 8 heteroatoms. The summed E-state index contributed by atoms with van der Waals surface area (Å²) >= 11 is 1.45. The van der Waals surface area contributed by atoms with Crippen LogP contribution in [0, 0.1) is 0 Å². The van der Waals surface area contributed by atoms with Crippen LogP contribution in [0.25, 0.3) is 0 Å². The third-order valence-electron chi connectivity index (χ3n) is 3.75. The number of hydrogen-bond acceptors (Lipinski definition) is 6. The SMILES string of the molecule is COc1cccc(NC(=O)N2CCC(Oc3nccs3)C2)c1OC. The van der Waals surface area contributed by atoms with Crippen LogP contribution in [0.5, 0.6) is 16.7 Å². The molecule has 0 bridgehead atoms. The van der Waals surface area contributed by atoms with Crippen molar-refractivity contribution in [2.45, 2.75) is 12.5 Å². The monoisotopic (exact) mass is 349 g/mol. The molecule has 2 amide bonds. The van der Waals surface area contributed by atoms with Gasteiger partial charge in [0.2, 0.25) is 0 Å². The normalized spacial score (nSPS) is 16.8. The summed E-state index contributed by atoms with van der Waals surface area (Å²) in [4.78, 5) is 18.3. The van der Waals surface area contributed by atoms with E-state index < -0.39 is 0 Å².